The molecule has 1 aromatic carbocycles. The third-order valence-electron chi connectivity index (χ3n) is 3.55. The number of aromatic nitrogens is 1. The number of hydrogen-bond donors (Lipinski definition) is 0. The average Bonchev–Trinajstić information content (AvgIpc) is 3.07. The van der Waals surface area contributed by atoms with Gasteiger partial charge >= 0.3 is 0 Å². The van der Waals surface area contributed by atoms with Crippen LogP contribution in [0.5, 0.6) is 0 Å². The summed E-state index contributed by atoms with van der Waals surface area (Å²) in [6.07, 6.45) is 0. The van der Waals surface area contributed by atoms with Crippen molar-refractivity contribution >= 4 is 45.1 Å². The van der Waals surface area contributed by atoms with E-state index in [9.17, 15) is 0 Å². The maximum Gasteiger partial charge on any atom is 0.163 e. The molecule has 0 bridgehead atoms. The molecule has 2 nitrogen and oxygen atoms in total. The third-order valence-corrected chi connectivity index (χ3v) is 6.03. The van der Waals surface area contributed by atoms with Gasteiger partial charge in [-0.1, -0.05) is 18.2 Å². The number of thiophene rings is 1. The molecule has 0 fully saturated rings. The zero-order chi connectivity index (χ0) is 14.1. The molecule has 0 radical (unpaired) electrons. The monoisotopic (exact) mass is 320 g/mol. The second-order valence-corrected chi connectivity index (χ2v) is 7.51. The van der Waals surface area contributed by atoms with Crippen molar-refractivity contribution in [1.29, 1.82) is 0 Å². The van der Waals surface area contributed by atoms with Gasteiger partial charge in [0.2, 0.25) is 0 Å². The molecule has 0 amide bonds. The molecular weight excluding hydrogens is 304 g/mol. The summed E-state index contributed by atoms with van der Waals surface area (Å²) in [5.74, 6) is 0. The molecule has 0 N–H and O–H groups in total. The smallest absolute Gasteiger partial charge is 0.163 e. The second kappa shape index (κ2) is 5.77. The summed E-state index contributed by atoms with van der Waals surface area (Å²) in [6.45, 7) is 3.06. The topological polar surface area (TPSA) is 8.17 Å². The lowest BCUT2D eigenvalue weighted by atomic mass is 10.2. The van der Waals surface area contributed by atoms with Crippen molar-refractivity contribution in [3.05, 3.63) is 50.6 Å². The fourth-order valence-corrected chi connectivity index (χ4v) is 4.40. The van der Waals surface area contributed by atoms with Gasteiger partial charge < -0.3 is 4.57 Å². The highest BCUT2D eigenvalue weighted by molar-refractivity contribution is 7.73. The second-order valence-electron chi connectivity index (χ2n) is 4.85. The number of nitrogens with zero attached hydrogens (tertiary/aromatic N) is 2. The van der Waals surface area contributed by atoms with Crippen molar-refractivity contribution in [2.45, 2.75) is 19.6 Å². The van der Waals surface area contributed by atoms with Gasteiger partial charge in [0.15, 0.2) is 3.95 Å². The molecule has 3 rings (SSSR count). The van der Waals surface area contributed by atoms with Crippen LogP contribution in [0.25, 0.3) is 10.2 Å². The number of fused-ring (bicyclic) bond motifs is 1. The van der Waals surface area contributed by atoms with Crippen LogP contribution in [0.1, 0.15) is 17.8 Å². The van der Waals surface area contributed by atoms with E-state index in [0.717, 1.165) is 10.6 Å². The third kappa shape index (κ3) is 2.59. The zero-order valence-corrected chi connectivity index (χ0v) is 13.9. The van der Waals surface area contributed by atoms with E-state index in [2.05, 4.69) is 65.2 Å². The Bertz CT molecular complexity index is 755. The number of benzene rings is 1. The quantitative estimate of drug-likeness (QED) is 0.615. The largest absolute Gasteiger partial charge is 0.309 e. The van der Waals surface area contributed by atoms with Crippen LogP contribution in [0.2, 0.25) is 0 Å². The molecule has 104 valence electrons. The van der Waals surface area contributed by atoms with E-state index < -0.39 is 0 Å². The molecule has 0 spiro atoms. The van der Waals surface area contributed by atoms with E-state index >= 15 is 0 Å². The summed E-state index contributed by atoms with van der Waals surface area (Å²) in [6, 6.07) is 13.1. The van der Waals surface area contributed by atoms with Gasteiger partial charge in [0.05, 0.1) is 16.9 Å². The van der Waals surface area contributed by atoms with Crippen LogP contribution in [-0.4, -0.2) is 16.5 Å². The summed E-state index contributed by atoms with van der Waals surface area (Å²) in [7, 11) is 2.15. The minimum absolute atomic E-state index is 0.399. The molecule has 5 heteroatoms. The predicted octanol–water partition coefficient (Wildman–Crippen LogP) is 5.14. The van der Waals surface area contributed by atoms with Crippen LogP contribution in [0.3, 0.4) is 0 Å². The van der Waals surface area contributed by atoms with Crippen LogP contribution in [0.4, 0.5) is 0 Å². The van der Waals surface area contributed by atoms with Crippen molar-refractivity contribution in [3.8, 4) is 0 Å². The summed E-state index contributed by atoms with van der Waals surface area (Å²) in [4.78, 5) is 3.72. The Morgan fingerprint density at radius 2 is 2.05 bits per heavy atom. The molecule has 20 heavy (non-hydrogen) atoms. The normalized spacial score (nSPS) is 13.2. The van der Waals surface area contributed by atoms with E-state index in [4.69, 9.17) is 12.2 Å². The van der Waals surface area contributed by atoms with Crippen molar-refractivity contribution < 1.29 is 0 Å². The Balaban J connectivity index is 1.89. The first-order valence-corrected chi connectivity index (χ1v) is 8.59. The van der Waals surface area contributed by atoms with Gasteiger partial charge in [-0.2, -0.15) is 0 Å². The molecular formula is C15H16N2S3. The lowest BCUT2D eigenvalue weighted by Crippen LogP contribution is -2.24. The van der Waals surface area contributed by atoms with Crippen LogP contribution in [-0.2, 0) is 6.67 Å². The van der Waals surface area contributed by atoms with E-state index in [1.807, 2.05) is 0 Å². The Labute approximate surface area is 131 Å². The zero-order valence-electron chi connectivity index (χ0n) is 11.4. The highest BCUT2D eigenvalue weighted by atomic mass is 32.1. The first-order valence-electron chi connectivity index (χ1n) is 6.49. The molecule has 0 saturated carbocycles. The van der Waals surface area contributed by atoms with Gasteiger partial charge in [-0.3, -0.25) is 4.90 Å². The SMILES string of the molecule is CC(c1cccs1)N(C)Cn1c(=S)sc2ccccc21. The molecule has 0 aliphatic heterocycles. The minimum atomic E-state index is 0.399. The van der Waals surface area contributed by atoms with E-state index in [1.54, 1.807) is 22.7 Å². The van der Waals surface area contributed by atoms with Crippen LogP contribution in [0.15, 0.2) is 41.8 Å². The highest BCUT2D eigenvalue weighted by Crippen LogP contribution is 2.27. The van der Waals surface area contributed by atoms with Gasteiger partial charge in [0, 0.05) is 10.9 Å². The number of hydrogen-bond acceptors (Lipinski definition) is 4. The molecule has 3 aromatic rings. The number of rotatable bonds is 4. The van der Waals surface area contributed by atoms with Crippen LogP contribution in [0, 0.1) is 3.95 Å². The number of thiazole rings is 1. The minimum Gasteiger partial charge on any atom is -0.309 e. The fraction of sp³-hybridized carbons (Fsp3) is 0.267. The van der Waals surface area contributed by atoms with Crippen LogP contribution < -0.4 is 0 Å². The molecule has 0 aliphatic rings. The van der Waals surface area contributed by atoms with Gasteiger partial charge in [-0.25, -0.2) is 0 Å². The summed E-state index contributed by atoms with van der Waals surface area (Å²) < 4.78 is 4.42. The van der Waals surface area contributed by atoms with Gasteiger partial charge in [0.1, 0.15) is 0 Å². The van der Waals surface area contributed by atoms with Crippen molar-refractivity contribution in [3.63, 3.8) is 0 Å². The van der Waals surface area contributed by atoms with E-state index in [1.165, 1.54) is 15.1 Å². The molecule has 0 saturated heterocycles. The lowest BCUT2D eigenvalue weighted by molar-refractivity contribution is 0.212. The van der Waals surface area contributed by atoms with E-state index in [-0.39, 0.29) is 0 Å². The maximum atomic E-state index is 5.52. The lowest BCUT2D eigenvalue weighted by Gasteiger charge is -2.24. The summed E-state index contributed by atoms with van der Waals surface area (Å²) >= 11 is 9.00. The first kappa shape index (κ1) is 13.9. The Morgan fingerprint density at radius 3 is 2.80 bits per heavy atom. The maximum absolute atomic E-state index is 5.52. The Hall–Kier alpha value is -1.01. The Kier molecular flexibility index (Phi) is 4.03. The summed E-state index contributed by atoms with van der Waals surface area (Å²) in [5.41, 5.74) is 1.23. The molecule has 2 aromatic heterocycles. The standard InChI is InChI=1S/C15H16N2S3/c1-11(13-8-5-9-19-13)16(2)10-17-12-6-3-4-7-14(12)20-15(17)18/h3-9,11H,10H2,1-2H3. The van der Waals surface area contributed by atoms with Gasteiger partial charge in [-0.05, 0) is 49.8 Å². The predicted molar refractivity (Wildman–Crippen MR) is 91.1 cm³/mol. The van der Waals surface area contributed by atoms with Crippen molar-refractivity contribution in [1.82, 2.24) is 9.47 Å². The van der Waals surface area contributed by atoms with Crippen molar-refractivity contribution in [2.75, 3.05) is 7.05 Å². The molecule has 1 unspecified atom stereocenters. The molecule has 0 aliphatic carbocycles. The molecule has 2 heterocycles. The van der Waals surface area contributed by atoms with Gasteiger partial charge in [-0.15, -0.1) is 22.7 Å². The average molecular weight is 321 g/mol. The summed E-state index contributed by atoms with van der Waals surface area (Å²) in [5, 5.41) is 2.13. The highest BCUT2D eigenvalue weighted by Gasteiger charge is 2.14. The first-order chi connectivity index (χ1) is 9.66. The van der Waals surface area contributed by atoms with E-state index in [0.29, 0.717) is 6.04 Å². The van der Waals surface area contributed by atoms with Crippen molar-refractivity contribution in [2.24, 2.45) is 0 Å². The number of para-hydroxylation sites is 1. The van der Waals surface area contributed by atoms with Crippen LogP contribution >= 0.6 is 34.9 Å². The Morgan fingerprint density at radius 1 is 1.25 bits per heavy atom. The fourth-order valence-electron chi connectivity index (χ4n) is 2.24. The molecule has 1 atom stereocenters. The van der Waals surface area contributed by atoms with Gasteiger partial charge in [0.25, 0.3) is 0 Å².